The van der Waals surface area contributed by atoms with Crippen LogP contribution in [0, 0.1) is 11.6 Å². The second-order valence-electron chi connectivity index (χ2n) is 4.38. The smallest absolute Gasteiger partial charge is 0.235 e. The van der Waals surface area contributed by atoms with Gasteiger partial charge in [-0.1, -0.05) is 0 Å². The first-order chi connectivity index (χ1) is 8.02. The monoisotopic (exact) mass is 238 g/mol. The molecule has 0 heterocycles. The molecule has 2 rings (SSSR count). The van der Waals surface area contributed by atoms with E-state index in [1.165, 1.54) is 11.0 Å². The lowest BCUT2D eigenvalue weighted by molar-refractivity contribution is 0.541. The number of hydrogen-bond acceptors (Lipinski definition) is 3. The lowest BCUT2D eigenvalue weighted by Crippen LogP contribution is -2.18. The number of nitrogens with zero attached hydrogens (tertiary/aromatic N) is 2. The third-order valence-electron chi connectivity index (χ3n) is 2.97. The van der Waals surface area contributed by atoms with Crippen molar-refractivity contribution < 1.29 is 13.6 Å². The number of aliphatic imine (C=N–C) groups is 1. The van der Waals surface area contributed by atoms with Crippen molar-refractivity contribution in [3.63, 3.8) is 0 Å². The van der Waals surface area contributed by atoms with Gasteiger partial charge in [0.25, 0.3) is 0 Å². The topological polar surface area (TPSA) is 32.7 Å². The maximum atomic E-state index is 13.9. The summed E-state index contributed by atoms with van der Waals surface area (Å²) in [6.45, 7) is 0. The Morgan fingerprint density at radius 2 is 1.88 bits per heavy atom. The van der Waals surface area contributed by atoms with Gasteiger partial charge < -0.3 is 4.90 Å². The molecule has 0 radical (unpaired) electrons. The Hall–Kier alpha value is -1.74. The number of hydrogen-bond donors (Lipinski definition) is 0. The molecule has 17 heavy (non-hydrogen) atoms. The number of carbonyl (C=O) groups excluding carboxylic acids is 1. The Balaban J connectivity index is 2.67. The van der Waals surface area contributed by atoms with Crippen molar-refractivity contribution in [3.8, 4) is 0 Å². The normalized spacial score (nSPS) is 16.2. The Morgan fingerprint density at radius 3 is 2.35 bits per heavy atom. The minimum Gasteiger partial charge on any atom is -0.375 e. The summed E-state index contributed by atoms with van der Waals surface area (Å²) in [7, 11) is 3.25. The molecule has 0 atom stereocenters. The highest BCUT2D eigenvalue weighted by Gasteiger charge is 2.49. The maximum absolute atomic E-state index is 13.9. The second kappa shape index (κ2) is 3.93. The van der Waals surface area contributed by atoms with E-state index in [9.17, 15) is 13.6 Å². The molecule has 0 aliphatic heterocycles. The molecule has 0 saturated heterocycles. The summed E-state index contributed by atoms with van der Waals surface area (Å²) in [6.07, 6.45) is 2.54. The molecule has 3 nitrogen and oxygen atoms in total. The van der Waals surface area contributed by atoms with E-state index in [-0.39, 0.29) is 11.3 Å². The van der Waals surface area contributed by atoms with E-state index in [1.54, 1.807) is 14.1 Å². The average Bonchev–Trinajstić information content (AvgIpc) is 3.02. The van der Waals surface area contributed by atoms with E-state index in [0.717, 1.165) is 12.1 Å². The van der Waals surface area contributed by atoms with E-state index in [0.29, 0.717) is 12.8 Å². The quantitative estimate of drug-likeness (QED) is 0.598. The highest BCUT2D eigenvalue weighted by Crippen LogP contribution is 2.53. The summed E-state index contributed by atoms with van der Waals surface area (Å²) in [6, 6.07) is 2.15. The minimum absolute atomic E-state index is 0.154. The Kier molecular flexibility index (Phi) is 2.71. The standard InChI is InChI=1S/C12H12F2N2O/c1-16(2)11-9(14)4-3-8(13)10(11)12(5-6-12)15-7-17/h3-4H,5-6H2,1-2H3. The summed E-state index contributed by atoms with van der Waals surface area (Å²) in [4.78, 5) is 15.5. The molecule has 1 aliphatic rings. The molecule has 0 bridgehead atoms. The van der Waals surface area contributed by atoms with Crippen LogP contribution in [0.3, 0.4) is 0 Å². The third-order valence-corrected chi connectivity index (χ3v) is 2.97. The lowest BCUT2D eigenvalue weighted by atomic mass is 10.0. The van der Waals surface area contributed by atoms with Gasteiger partial charge in [-0.15, -0.1) is 0 Å². The first-order valence-corrected chi connectivity index (χ1v) is 5.27. The molecule has 1 aromatic carbocycles. The van der Waals surface area contributed by atoms with Crippen molar-refractivity contribution in [1.82, 2.24) is 0 Å². The van der Waals surface area contributed by atoms with Gasteiger partial charge in [-0.05, 0) is 25.0 Å². The molecule has 0 spiro atoms. The van der Waals surface area contributed by atoms with Gasteiger partial charge in [-0.2, -0.15) is 4.99 Å². The van der Waals surface area contributed by atoms with Crippen molar-refractivity contribution >= 4 is 11.8 Å². The number of isocyanates is 1. The molecule has 1 aromatic rings. The summed E-state index contributed by atoms with van der Waals surface area (Å²) in [5.41, 5.74) is -0.597. The molecular formula is C12H12F2N2O. The van der Waals surface area contributed by atoms with Crippen LogP contribution in [0.1, 0.15) is 18.4 Å². The average molecular weight is 238 g/mol. The first kappa shape index (κ1) is 11.7. The van der Waals surface area contributed by atoms with Gasteiger partial charge in [0, 0.05) is 19.7 Å². The molecule has 5 heteroatoms. The molecule has 0 unspecified atom stereocenters. The van der Waals surface area contributed by atoms with Crippen LogP contribution in [-0.2, 0) is 10.3 Å². The maximum Gasteiger partial charge on any atom is 0.235 e. The fraction of sp³-hybridized carbons (Fsp3) is 0.417. The second-order valence-corrected chi connectivity index (χ2v) is 4.38. The van der Waals surface area contributed by atoms with Crippen LogP contribution < -0.4 is 4.90 Å². The molecule has 0 N–H and O–H groups in total. The van der Waals surface area contributed by atoms with Gasteiger partial charge in [0.1, 0.15) is 17.2 Å². The van der Waals surface area contributed by atoms with Gasteiger partial charge in [0.15, 0.2) is 0 Å². The number of rotatable bonds is 3. The minimum atomic E-state index is -0.909. The summed E-state index contributed by atoms with van der Waals surface area (Å²) in [5.74, 6) is -1.05. The van der Waals surface area contributed by atoms with Crippen molar-refractivity contribution in [3.05, 3.63) is 29.3 Å². The molecule has 1 saturated carbocycles. The summed E-state index contributed by atoms with van der Waals surface area (Å²) < 4.78 is 27.6. The fourth-order valence-corrected chi connectivity index (χ4v) is 2.04. The third kappa shape index (κ3) is 1.83. The highest BCUT2D eigenvalue weighted by atomic mass is 19.1. The van der Waals surface area contributed by atoms with Crippen LogP contribution in [0.15, 0.2) is 17.1 Å². The van der Waals surface area contributed by atoms with Crippen LogP contribution in [-0.4, -0.2) is 20.2 Å². The largest absolute Gasteiger partial charge is 0.375 e. The van der Waals surface area contributed by atoms with Gasteiger partial charge in [-0.25, -0.2) is 13.6 Å². The molecule has 0 aromatic heterocycles. The molecule has 1 aliphatic carbocycles. The first-order valence-electron chi connectivity index (χ1n) is 5.27. The zero-order valence-corrected chi connectivity index (χ0v) is 9.63. The van der Waals surface area contributed by atoms with Crippen molar-refractivity contribution in [1.29, 1.82) is 0 Å². The summed E-state index contributed by atoms with van der Waals surface area (Å²) >= 11 is 0. The molecule has 0 amide bonds. The Morgan fingerprint density at radius 1 is 1.29 bits per heavy atom. The summed E-state index contributed by atoms with van der Waals surface area (Å²) in [5, 5.41) is 0. The van der Waals surface area contributed by atoms with Gasteiger partial charge in [0.05, 0.1) is 5.69 Å². The van der Waals surface area contributed by atoms with Crippen LogP contribution in [0.2, 0.25) is 0 Å². The number of halogens is 2. The predicted molar refractivity (Wildman–Crippen MR) is 59.7 cm³/mol. The fourth-order valence-electron chi connectivity index (χ4n) is 2.04. The van der Waals surface area contributed by atoms with E-state index in [2.05, 4.69) is 4.99 Å². The van der Waals surface area contributed by atoms with Crippen molar-refractivity contribution in [2.24, 2.45) is 4.99 Å². The van der Waals surface area contributed by atoms with Gasteiger partial charge in [0.2, 0.25) is 6.08 Å². The van der Waals surface area contributed by atoms with Crippen LogP contribution in [0.25, 0.3) is 0 Å². The van der Waals surface area contributed by atoms with Crippen LogP contribution in [0.4, 0.5) is 14.5 Å². The van der Waals surface area contributed by atoms with E-state index in [1.807, 2.05) is 0 Å². The van der Waals surface area contributed by atoms with Crippen molar-refractivity contribution in [2.45, 2.75) is 18.4 Å². The number of benzene rings is 1. The van der Waals surface area contributed by atoms with E-state index in [4.69, 9.17) is 0 Å². The molecule has 1 fully saturated rings. The van der Waals surface area contributed by atoms with E-state index < -0.39 is 17.2 Å². The predicted octanol–water partition coefficient (Wildman–Crippen LogP) is 2.36. The SMILES string of the molecule is CN(C)c1c(F)ccc(F)c1C1(N=C=O)CC1. The zero-order valence-electron chi connectivity index (χ0n) is 9.63. The lowest BCUT2D eigenvalue weighted by Gasteiger charge is -2.21. The Bertz CT molecular complexity index is 503. The molecular weight excluding hydrogens is 226 g/mol. The van der Waals surface area contributed by atoms with Crippen molar-refractivity contribution in [2.75, 3.05) is 19.0 Å². The van der Waals surface area contributed by atoms with Crippen LogP contribution in [0.5, 0.6) is 0 Å². The Labute approximate surface area is 97.8 Å². The molecule has 90 valence electrons. The van der Waals surface area contributed by atoms with Gasteiger partial charge >= 0.3 is 0 Å². The number of anilines is 1. The highest BCUT2D eigenvalue weighted by molar-refractivity contribution is 5.60. The van der Waals surface area contributed by atoms with E-state index >= 15 is 0 Å². The van der Waals surface area contributed by atoms with Crippen LogP contribution >= 0.6 is 0 Å². The van der Waals surface area contributed by atoms with Gasteiger partial charge in [-0.3, -0.25) is 0 Å². The zero-order chi connectivity index (χ0) is 12.6.